The molecule has 1 fully saturated rings. The molecule has 3 heteroatoms. The Balaban J connectivity index is 2.18. The molecule has 1 aliphatic heterocycles. The van der Waals surface area contributed by atoms with E-state index in [1.165, 1.54) is 0 Å². The standard InChI is InChI=1S/C3H6NOS/c5-6-2-1-4-3-6/h1-3H2. The Labute approximate surface area is 40.1 Å². The van der Waals surface area contributed by atoms with Crippen LogP contribution in [0.4, 0.5) is 0 Å². The van der Waals surface area contributed by atoms with E-state index < -0.39 is 11.2 Å². The van der Waals surface area contributed by atoms with Crippen LogP contribution in [0.2, 0.25) is 0 Å². The topological polar surface area (TPSA) is 37.2 Å². The first kappa shape index (κ1) is 4.43. The van der Waals surface area contributed by atoms with Gasteiger partial charge in [-0.25, -0.2) is 0 Å². The molecular weight excluding hydrogens is 98.1 g/mol. The number of hydrogen-bond acceptors (Lipinski definition) is 1. The van der Waals surface area contributed by atoms with Crippen LogP contribution in [0.25, 0.3) is 0 Å². The fraction of sp³-hybridized carbons (Fsp3) is 1.00. The van der Waals surface area contributed by atoms with Crippen LogP contribution in [0.1, 0.15) is 0 Å². The molecule has 0 bridgehead atoms. The van der Waals surface area contributed by atoms with Gasteiger partial charge in [0.2, 0.25) is 0 Å². The zero-order valence-electron chi connectivity index (χ0n) is 3.39. The summed E-state index contributed by atoms with van der Waals surface area (Å²) in [7, 11) is 0. The highest BCUT2D eigenvalue weighted by Crippen LogP contribution is 1.93. The fourth-order valence-electron chi connectivity index (χ4n) is 0.397. The van der Waals surface area contributed by atoms with E-state index in [0.29, 0.717) is 5.88 Å². The number of nitrogens with zero attached hydrogens (tertiary/aromatic N) is 1. The summed E-state index contributed by atoms with van der Waals surface area (Å²) in [5.74, 6) is 1.38. The van der Waals surface area contributed by atoms with Crippen molar-refractivity contribution < 1.29 is 4.55 Å². The Hall–Kier alpha value is 0.270. The second kappa shape index (κ2) is 1.82. The average Bonchev–Trinajstić information content (AvgIpc) is 1.86. The SMILES string of the molecule is [O-][S+]1CC[N]C1. The molecule has 0 spiro atoms. The van der Waals surface area contributed by atoms with E-state index in [4.69, 9.17) is 0 Å². The molecule has 1 aliphatic rings. The Morgan fingerprint density at radius 3 is 2.67 bits per heavy atom. The summed E-state index contributed by atoms with van der Waals surface area (Å²) in [4.78, 5) is 0. The van der Waals surface area contributed by atoms with E-state index in [1.807, 2.05) is 0 Å². The summed E-state index contributed by atoms with van der Waals surface area (Å²) in [6.07, 6.45) is 0. The maximum absolute atomic E-state index is 10.3. The van der Waals surface area contributed by atoms with Crippen LogP contribution < -0.4 is 5.32 Å². The van der Waals surface area contributed by atoms with E-state index in [9.17, 15) is 4.55 Å². The van der Waals surface area contributed by atoms with Crippen LogP contribution >= 0.6 is 0 Å². The van der Waals surface area contributed by atoms with Gasteiger partial charge in [-0.2, -0.15) is 5.32 Å². The van der Waals surface area contributed by atoms with Gasteiger partial charge in [0.25, 0.3) is 0 Å². The average molecular weight is 104 g/mol. The lowest BCUT2D eigenvalue weighted by molar-refractivity contribution is 0.600. The molecule has 1 unspecified atom stereocenters. The summed E-state index contributed by atoms with van der Waals surface area (Å²) in [6, 6.07) is 0. The van der Waals surface area contributed by atoms with Gasteiger partial charge in [0, 0.05) is 0 Å². The van der Waals surface area contributed by atoms with Crippen molar-refractivity contribution in [1.82, 2.24) is 5.32 Å². The van der Waals surface area contributed by atoms with Crippen molar-refractivity contribution in [1.29, 1.82) is 0 Å². The quantitative estimate of drug-likeness (QED) is 0.375. The van der Waals surface area contributed by atoms with Gasteiger partial charge < -0.3 is 4.55 Å². The maximum Gasteiger partial charge on any atom is 0.172 e. The summed E-state index contributed by atoms with van der Waals surface area (Å²) in [5.41, 5.74) is 0. The van der Waals surface area contributed by atoms with Crippen molar-refractivity contribution in [2.45, 2.75) is 0 Å². The molecule has 1 rings (SSSR count). The van der Waals surface area contributed by atoms with Gasteiger partial charge in [0.05, 0.1) is 6.54 Å². The third-order valence-electron chi connectivity index (χ3n) is 0.712. The molecule has 35 valence electrons. The Morgan fingerprint density at radius 2 is 2.50 bits per heavy atom. The van der Waals surface area contributed by atoms with E-state index in [1.54, 1.807) is 0 Å². The third kappa shape index (κ3) is 0.864. The predicted octanol–water partition coefficient (Wildman–Crippen LogP) is -0.689. The largest absolute Gasteiger partial charge is 0.615 e. The minimum absolute atomic E-state index is 0.583. The molecule has 0 saturated carbocycles. The third-order valence-corrected chi connectivity index (χ3v) is 1.82. The Kier molecular flexibility index (Phi) is 1.34. The van der Waals surface area contributed by atoms with Gasteiger partial charge in [-0.3, -0.25) is 0 Å². The molecule has 0 aromatic carbocycles. The molecule has 0 N–H and O–H groups in total. The van der Waals surface area contributed by atoms with Gasteiger partial charge in [-0.15, -0.1) is 0 Å². The number of rotatable bonds is 0. The van der Waals surface area contributed by atoms with Crippen LogP contribution in [0, 0.1) is 0 Å². The molecule has 1 heterocycles. The van der Waals surface area contributed by atoms with Gasteiger partial charge in [-0.1, -0.05) is 0 Å². The first-order valence-corrected chi connectivity index (χ1v) is 3.36. The highest BCUT2D eigenvalue weighted by atomic mass is 32.2. The monoisotopic (exact) mass is 104 g/mol. The zero-order valence-corrected chi connectivity index (χ0v) is 4.20. The minimum Gasteiger partial charge on any atom is -0.615 e. The van der Waals surface area contributed by atoms with Crippen molar-refractivity contribution >= 4 is 11.2 Å². The molecule has 1 atom stereocenters. The molecule has 0 aromatic rings. The zero-order chi connectivity index (χ0) is 4.41. The van der Waals surface area contributed by atoms with Crippen LogP contribution in [0.5, 0.6) is 0 Å². The van der Waals surface area contributed by atoms with E-state index >= 15 is 0 Å². The smallest absolute Gasteiger partial charge is 0.172 e. The van der Waals surface area contributed by atoms with Gasteiger partial charge in [-0.05, 0) is 11.2 Å². The van der Waals surface area contributed by atoms with Crippen LogP contribution in [0.15, 0.2) is 0 Å². The highest BCUT2D eigenvalue weighted by molar-refractivity contribution is 7.91. The predicted molar refractivity (Wildman–Crippen MR) is 24.9 cm³/mol. The highest BCUT2D eigenvalue weighted by Gasteiger charge is 2.12. The summed E-state index contributed by atoms with van der Waals surface area (Å²) in [5, 5.41) is 3.86. The molecule has 1 saturated heterocycles. The molecule has 1 radical (unpaired) electrons. The molecule has 0 aromatic heterocycles. The van der Waals surface area contributed by atoms with Crippen LogP contribution in [-0.4, -0.2) is 22.7 Å². The first-order chi connectivity index (χ1) is 2.89. The van der Waals surface area contributed by atoms with Crippen molar-refractivity contribution in [3.63, 3.8) is 0 Å². The lowest BCUT2D eigenvalue weighted by Gasteiger charge is -1.94. The lowest BCUT2D eigenvalue weighted by Crippen LogP contribution is -2.01. The maximum atomic E-state index is 10.3. The summed E-state index contributed by atoms with van der Waals surface area (Å²) in [6.45, 7) is 0.812. The van der Waals surface area contributed by atoms with E-state index in [-0.39, 0.29) is 0 Å². The van der Waals surface area contributed by atoms with Gasteiger partial charge >= 0.3 is 0 Å². The second-order valence-electron chi connectivity index (χ2n) is 1.22. The summed E-state index contributed by atoms with van der Waals surface area (Å²) >= 11 is -0.590. The molecule has 6 heavy (non-hydrogen) atoms. The van der Waals surface area contributed by atoms with Crippen molar-refractivity contribution in [2.75, 3.05) is 18.2 Å². The van der Waals surface area contributed by atoms with E-state index in [2.05, 4.69) is 5.32 Å². The Bertz CT molecular complexity index is 44.1. The van der Waals surface area contributed by atoms with Crippen LogP contribution in [-0.2, 0) is 11.2 Å². The first-order valence-electron chi connectivity index (χ1n) is 1.88. The number of hydrogen-bond donors (Lipinski definition) is 0. The second-order valence-corrected chi connectivity index (χ2v) is 2.77. The molecule has 2 nitrogen and oxygen atoms in total. The van der Waals surface area contributed by atoms with Gasteiger partial charge in [0.1, 0.15) is 5.75 Å². The van der Waals surface area contributed by atoms with Crippen molar-refractivity contribution in [2.24, 2.45) is 0 Å². The van der Waals surface area contributed by atoms with Crippen LogP contribution in [0.3, 0.4) is 0 Å². The lowest BCUT2D eigenvalue weighted by atomic mass is 10.8. The van der Waals surface area contributed by atoms with Crippen molar-refractivity contribution in [3.8, 4) is 0 Å². The fourth-order valence-corrected chi connectivity index (χ4v) is 1.19. The summed E-state index contributed by atoms with van der Waals surface area (Å²) < 4.78 is 10.3. The molecule has 0 amide bonds. The molecular formula is C3H6NOS. The van der Waals surface area contributed by atoms with Gasteiger partial charge in [0.15, 0.2) is 5.88 Å². The van der Waals surface area contributed by atoms with Crippen molar-refractivity contribution in [3.05, 3.63) is 0 Å². The Morgan fingerprint density at radius 1 is 1.67 bits per heavy atom. The van der Waals surface area contributed by atoms with E-state index in [0.717, 1.165) is 12.3 Å². The minimum atomic E-state index is -0.590. The normalized spacial score (nSPS) is 34.5. The molecule has 0 aliphatic carbocycles.